The van der Waals surface area contributed by atoms with E-state index < -0.39 is 17.9 Å². The maximum absolute atomic E-state index is 13.7. The van der Waals surface area contributed by atoms with Crippen LogP contribution in [0.2, 0.25) is 0 Å². The molecule has 0 spiro atoms. The number of nitrogens with zero attached hydrogens (tertiary/aromatic N) is 2. The number of hydrogen-bond acceptors (Lipinski definition) is 4. The van der Waals surface area contributed by atoms with Gasteiger partial charge in [0.1, 0.15) is 5.69 Å². The van der Waals surface area contributed by atoms with Crippen LogP contribution in [0.3, 0.4) is 0 Å². The highest BCUT2D eigenvalue weighted by atomic mass is 19.3. The van der Waals surface area contributed by atoms with Crippen LogP contribution in [0.25, 0.3) is 0 Å². The average molecular weight is 433 g/mol. The van der Waals surface area contributed by atoms with Gasteiger partial charge in [-0.05, 0) is 42.5 Å². The predicted molar refractivity (Wildman–Crippen MR) is 115 cm³/mol. The van der Waals surface area contributed by atoms with Crippen molar-refractivity contribution in [1.82, 2.24) is 9.88 Å². The summed E-state index contributed by atoms with van der Waals surface area (Å²) in [5.74, 6) is -0.647. The molecule has 0 saturated carbocycles. The monoisotopic (exact) mass is 433 g/mol. The van der Waals surface area contributed by atoms with E-state index in [0.29, 0.717) is 18.5 Å². The molecule has 0 fully saturated rings. The van der Waals surface area contributed by atoms with Crippen LogP contribution < -0.4 is 10.1 Å². The van der Waals surface area contributed by atoms with Gasteiger partial charge in [0.2, 0.25) is 18.2 Å². The van der Waals surface area contributed by atoms with Crippen molar-refractivity contribution in [3.8, 4) is 5.88 Å². The maximum atomic E-state index is 13.7. The summed E-state index contributed by atoms with van der Waals surface area (Å²) in [5, 5.41) is 2.73. The van der Waals surface area contributed by atoms with Crippen molar-refractivity contribution >= 4 is 18.0 Å². The lowest BCUT2D eigenvalue weighted by Crippen LogP contribution is -2.48. The fourth-order valence-corrected chi connectivity index (χ4v) is 3.69. The molecule has 8 heteroatoms. The van der Waals surface area contributed by atoms with Gasteiger partial charge < -0.3 is 15.0 Å². The molecule has 0 bridgehead atoms. The Kier molecular flexibility index (Phi) is 8.08. The number of aryl methyl sites for hydroxylation is 1. The number of ether oxygens (including phenoxy) is 1. The molecular formula is C23H29F2N3O3. The third-order valence-corrected chi connectivity index (χ3v) is 5.28. The summed E-state index contributed by atoms with van der Waals surface area (Å²) in [4.78, 5) is 30.5. The van der Waals surface area contributed by atoms with Gasteiger partial charge in [-0.15, -0.1) is 0 Å². The lowest BCUT2D eigenvalue weighted by atomic mass is 9.73. The second-order valence-electron chi connectivity index (χ2n) is 7.84. The summed E-state index contributed by atoms with van der Waals surface area (Å²) in [6.07, 6.45) is 1.04. The minimum atomic E-state index is -3.08. The minimum absolute atomic E-state index is 0.0458. The summed E-state index contributed by atoms with van der Waals surface area (Å²) < 4.78 is 30.3. The zero-order chi connectivity index (χ0) is 23.2. The first-order valence-corrected chi connectivity index (χ1v) is 10.1. The Morgan fingerprint density at radius 3 is 2.52 bits per heavy atom. The van der Waals surface area contributed by atoms with Crippen LogP contribution in [0.15, 0.2) is 36.4 Å². The highest BCUT2D eigenvalue weighted by Gasteiger charge is 2.42. The number of benzene rings is 1. The van der Waals surface area contributed by atoms with Gasteiger partial charge in [-0.25, -0.2) is 4.98 Å². The van der Waals surface area contributed by atoms with Crippen LogP contribution in [0.4, 0.5) is 14.5 Å². The molecule has 0 radical (unpaired) electrons. The van der Waals surface area contributed by atoms with Gasteiger partial charge in [-0.2, -0.15) is 8.78 Å². The van der Waals surface area contributed by atoms with Crippen LogP contribution in [0.1, 0.15) is 49.9 Å². The molecule has 1 N–H and O–H groups in total. The number of amides is 2. The highest BCUT2D eigenvalue weighted by molar-refractivity contribution is 6.00. The molecule has 2 amide bonds. The van der Waals surface area contributed by atoms with Crippen molar-refractivity contribution in [1.29, 1.82) is 0 Å². The van der Waals surface area contributed by atoms with Crippen LogP contribution >= 0.6 is 0 Å². The third-order valence-electron chi connectivity index (χ3n) is 5.28. The van der Waals surface area contributed by atoms with E-state index in [1.165, 1.54) is 11.0 Å². The number of pyridine rings is 1. The number of rotatable bonds is 10. The van der Waals surface area contributed by atoms with Gasteiger partial charge in [-0.3, -0.25) is 9.59 Å². The van der Waals surface area contributed by atoms with E-state index in [0.717, 1.165) is 11.1 Å². The number of likely N-dealkylation sites (N-methyl/N-ethyl adjacent to an activating group) is 1. The molecule has 1 aromatic carbocycles. The number of carbonyl (C=O) groups excluding carboxylic acids is 2. The Morgan fingerprint density at radius 1 is 1.26 bits per heavy atom. The smallest absolute Gasteiger partial charge is 0.388 e. The highest BCUT2D eigenvalue weighted by Crippen LogP contribution is 2.37. The topological polar surface area (TPSA) is 71.5 Å². The lowest BCUT2D eigenvalue weighted by molar-refractivity contribution is -0.124. The molecule has 2 rings (SSSR count). The molecule has 168 valence electrons. The van der Waals surface area contributed by atoms with Gasteiger partial charge >= 0.3 is 6.61 Å². The first-order valence-electron chi connectivity index (χ1n) is 10.1. The van der Waals surface area contributed by atoms with E-state index in [2.05, 4.69) is 15.0 Å². The SMILES string of the molecule is CCC(CN(C)C=O)(C(=O)Nc1ccc(C)nc1OC(F)F)c1ccccc1C(C)C. The number of alkyl halides is 2. The Balaban J connectivity index is 2.58. The summed E-state index contributed by atoms with van der Waals surface area (Å²) in [7, 11) is 1.60. The van der Waals surface area contributed by atoms with Crippen LogP contribution in [-0.2, 0) is 15.0 Å². The molecule has 0 aliphatic heterocycles. The van der Waals surface area contributed by atoms with Crippen LogP contribution in [0.5, 0.6) is 5.88 Å². The average Bonchev–Trinajstić information content (AvgIpc) is 2.73. The van der Waals surface area contributed by atoms with E-state index >= 15 is 0 Å². The summed E-state index contributed by atoms with van der Waals surface area (Å²) in [6, 6.07) is 10.7. The Morgan fingerprint density at radius 2 is 1.94 bits per heavy atom. The number of anilines is 1. The van der Waals surface area contributed by atoms with Gasteiger partial charge in [0.05, 0.1) is 5.41 Å². The molecule has 1 heterocycles. The predicted octanol–water partition coefficient (Wildman–Crippen LogP) is 4.49. The van der Waals surface area contributed by atoms with Crippen LogP contribution in [-0.4, -0.2) is 42.4 Å². The van der Waals surface area contributed by atoms with Crippen molar-refractivity contribution in [3.05, 3.63) is 53.2 Å². The van der Waals surface area contributed by atoms with Crippen molar-refractivity contribution in [2.75, 3.05) is 18.9 Å². The third kappa shape index (κ3) is 5.57. The van der Waals surface area contributed by atoms with Crippen molar-refractivity contribution in [3.63, 3.8) is 0 Å². The molecule has 0 aliphatic rings. The summed E-state index contributed by atoms with van der Waals surface area (Å²) in [6.45, 7) is 4.59. The number of halogens is 2. The van der Waals surface area contributed by atoms with Gasteiger partial charge in [0, 0.05) is 19.3 Å². The van der Waals surface area contributed by atoms with Gasteiger partial charge in [0.25, 0.3) is 0 Å². The zero-order valence-electron chi connectivity index (χ0n) is 18.5. The largest absolute Gasteiger partial charge is 0.415 e. The second-order valence-corrected chi connectivity index (χ2v) is 7.84. The molecule has 1 atom stereocenters. The lowest BCUT2D eigenvalue weighted by Gasteiger charge is -2.36. The first kappa shape index (κ1) is 24.2. The molecular weight excluding hydrogens is 404 g/mol. The minimum Gasteiger partial charge on any atom is -0.415 e. The van der Waals surface area contributed by atoms with E-state index in [1.54, 1.807) is 20.0 Å². The second kappa shape index (κ2) is 10.3. The van der Waals surface area contributed by atoms with E-state index in [9.17, 15) is 18.4 Å². The molecule has 0 saturated heterocycles. The molecule has 1 aromatic heterocycles. The fraction of sp³-hybridized carbons (Fsp3) is 0.435. The van der Waals surface area contributed by atoms with Crippen molar-refractivity contribution < 1.29 is 23.1 Å². The summed E-state index contributed by atoms with van der Waals surface area (Å²) in [5.41, 5.74) is 1.18. The summed E-state index contributed by atoms with van der Waals surface area (Å²) >= 11 is 0. The molecule has 31 heavy (non-hydrogen) atoms. The molecule has 6 nitrogen and oxygen atoms in total. The Bertz CT molecular complexity index is 921. The van der Waals surface area contributed by atoms with E-state index in [1.807, 2.05) is 45.0 Å². The standard InChI is InChI=1S/C23H29F2N3O3/c1-6-23(13-28(5)14-29,18-10-8-7-9-17(18)15(2)3)21(30)27-19-12-11-16(4)26-20(19)31-22(24)25/h7-12,14-15,22H,6,13H2,1-5H3,(H,27,30). The van der Waals surface area contributed by atoms with Crippen molar-refractivity contribution in [2.45, 2.75) is 52.1 Å². The number of carbonyl (C=O) groups is 2. The molecule has 1 unspecified atom stereocenters. The van der Waals surface area contributed by atoms with Gasteiger partial charge in [-0.1, -0.05) is 45.0 Å². The Hall–Kier alpha value is -3.03. The van der Waals surface area contributed by atoms with E-state index in [4.69, 9.17) is 0 Å². The van der Waals surface area contributed by atoms with E-state index in [-0.39, 0.29) is 24.0 Å². The number of hydrogen-bond donors (Lipinski definition) is 1. The van der Waals surface area contributed by atoms with Crippen LogP contribution in [0, 0.1) is 6.92 Å². The maximum Gasteiger partial charge on any atom is 0.388 e. The first-order chi connectivity index (χ1) is 14.6. The number of aromatic nitrogens is 1. The normalized spacial score (nSPS) is 13.1. The zero-order valence-corrected chi connectivity index (χ0v) is 18.5. The quantitative estimate of drug-likeness (QED) is 0.561. The fourth-order valence-electron chi connectivity index (χ4n) is 3.69. The van der Waals surface area contributed by atoms with Gasteiger partial charge in [0.15, 0.2) is 0 Å². The Labute approximate surface area is 181 Å². The molecule has 0 aliphatic carbocycles. The number of nitrogens with one attached hydrogen (secondary N) is 1. The van der Waals surface area contributed by atoms with Crippen molar-refractivity contribution in [2.24, 2.45) is 0 Å². The molecule has 2 aromatic rings.